The Hall–Kier alpha value is -0.730. The van der Waals surface area contributed by atoms with Crippen LogP contribution in [0.2, 0.25) is 0 Å². The van der Waals surface area contributed by atoms with Gasteiger partial charge in [0.15, 0.2) is 5.96 Å². The Morgan fingerprint density at radius 3 is 2.50 bits per heavy atom. The van der Waals surface area contributed by atoms with Crippen molar-refractivity contribution in [1.29, 1.82) is 0 Å². The summed E-state index contributed by atoms with van der Waals surface area (Å²) in [6.07, 6.45) is 8.40. The van der Waals surface area contributed by atoms with Crippen molar-refractivity contribution in [3.63, 3.8) is 0 Å². The highest BCUT2D eigenvalue weighted by Crippen LogP contribution is 2.61. The normalized spacial score (nSPS) is 27.7. The zero-order valence-corrected chi connectivity index (χ0v) is 10.3. The smallest absolute Gasteiger partial charge is 0.191 e. The molecule has 3 heteroatoms. The number of nitrogens with one attached hydrogen (secondary N) is 2. The molecule has 90 valence electrons. The molecule has 0 saturated heterocycles. The molecule has 0 amide bonds. The van der Waals surface area contributed by atoms with Gasteiger partial charge in [-0.25, -0.2) is 0 Å². The average Bonchev–Trinajstić information content (AvgIpc) is 3.13. The van der Waals surface area contributed by atoms with Crippen LogP contribution in [0.4, 0.5) is 0 Å². The number of hydrogen-bond donors (Lipinski definition) is 2. The minimum absolute atomic E-state index is 0.631. The van der Waals surface area contributed by atoms with Gasteiger partial charge in [-0.15, -0.1) is 0 Å². The SMILES string of the molecule is CCNC(=NCC1(C2CC2)CC1)NC1CC1. The Balaban J connectivity index is 1.54. The van der Waals surface area contributed by atoms with Gasteiger partial charge in [-0.3, -0.25) is 4.99 Å². The van der Waals surface area contributed by atoms with E-state index < -0.39 is 0 Å². The summed E-state index contributed by atoms with van der Waals surface area (Å²) in [4.78, 5) is 4.78. The number of rotatable bonds is 5. The molecule has 3 rings (SSSR count). The van der Waals surface area contributed by atoms with E-state index in [9.17, 15) is 0 Å². The quantitative estimate of drug-likeness (QED) is 0.549. The standard InChI is InChI=1S/C13H23N3/c1-2-14-12(16-11-5-6-11)15-9-13(7-8-13)10-3-4-10/h10-11H,2-9H2,1H3,(H2,14,15,16). The molecule has 0 aromatic heterocycles. The highest BCUT2D eigenvalue weighted by molar-refractivity contribution is 5.80. The van der Waals surface area contributed by atoms with Gasteiger partial charge in [-0.05, 0) is 56.8 Å². The highest BCUT2D eigenvalue weighted by atomic mass is 15.2. The van der Waals surface area contributed by atoms with Gasteiger partial charge in [-0.2, -0.15) is 0 Å². The van der Waals surface area contributed by atoms with E-state index in [0.29, 0.717) is 11.5 Å². The number of hydrogen-bond acceptors (Lipinski definition) is 1. The molecule has 0 aliphatic heterocycles. The fourth-order valence-electron chi connectivity index (χ4n) is 2.53. The second-order valence-electron chi connectivity index (χ2n) is 5.75. The lowest BCUT2D eigenvalue weighted by Crippen LogP contribution is -2.39. The van der Waals surface area contributed by atoms with Crippen LogP contribution in [-0.4, -0.2) is 25.1 Å². The lowest BCUT2D eigenvalue weighted by molar-refractivity contribution is 0.452. The average molecular weight is 221 g/mol. The second kappa shape index (κ2) is 3.94. The van der Waals surface area contributed by atoms with Crippen molar-refractivity contribution in [3.8, 4) is 0 Å². The summed E-state index contributed by atoms with van der Waals surface area (Å²) >= 11 is 0. The molecule has 3 fully saturated rings. The first kappa shape index (κ1) is 10.4. The lowest BCUT2D eigenvalue weighted by atomic mass is 10.0. The van der Waals surface area contributed by atoms with E-state index in [1.165, 1.54) is 38.5 Å². The van der Waals surface area contributed by atoms with Crippen LogP contribution in [0.3, 0.4) is 0 Å². The van der Waals surface area contributed by atoms with Crippen LogP contribution >= 0.6 is 0 Å². The highest BCUT2D eigenvalue weighted by Gasteiger charge is 2.53. The van der Waals surface area contributed by atoms with Crippen molar-refractivity contribution >= 4 is 5.96 Å². The molecule has 3 aliphatic carbocycles. The number of nitrogens with zero attached hydrogens (tertiary/aromatic N) is 1. The van der Waals surface area contributed by atoms with Crippen molar-refractivity contribution in [2.45, 2.75) is 51.5 Å². The molecule has 0 aromatic carbocycles. The van der Waals surface area contributed by atoms with Crippen LogP contribution in [-0.2, 0) is 0 Å². The van der Waals surface area contributed by atoms with Gasteiger partial charge in [-0.1, -0.05) is 0 Å². The second-order valence-corrected chi connectivity index (χ2v) is 5.75. The monoisotopic (exact) mass is 221 g/mol. The van der Waals surface area contributed by atoms with Gasteiger partial charge in [0, 0.05) is 19.1 Å². The molecule has 2 N–H and O–H groups in total. The third-order valence-electron chi connectivity index (χ3n) is 4.15. The minimum Gasteiger partial charge on any atom is -0.357 e. The Morgan fingerprint density at radius 2 is 2.00 bits per heavy atom. The maximum absolute atomic E-state index is 4.78. The largest absolute Gasteiger partial charge is 0.357 e. The Kier molecular flexibility index (Phi) is 2.56. The summed E-state index contributed by atoms with van der Waals surface area (Å²) in [7, 11) is 0. The Labute approximate surface area is 98.1 Å². The van der Waals surface area contributed by atoms with Crippen molar-refractivity contribution in [2.75, 3.05) is 13.1 Å². The van der Waals surface area contributed by atoms with Gasteiger partial charge in [0.05, 0.1) is 0 Å². The van der Waals surface area contributed by atoms with Crippen LogP contribution in [0, 0.1) is 11.3 Å². The first-order valence-corrected chi connectivity index (χ1v) is 6.87. The van der Waals surface area contributed by atoms with E-state index in [4.69, 9.17) is 4.99 Å². The molecule has 3 nitrogen and oxygen atoms in total. The zero-order chi connectivity index (χ0) is 11.0. The van der Waals surface area contributed by atoms with Gasteiger partial charge in [0.25, 0.3) is 0 Å². The lowest BCUT2D eigenvalue weighted by Gasteiger charge is -2.14. The predicted octanol–water partition coefficient (Wildman–Crippen LogP) is 1.89. The molecule has 0 aromatic rings. The topological polar surface area (TPSA) is 36.4 Å². The minimum atomic E-state index is 0.631. The summed E-state index contributed by atoms with van der Waals surface area (Å²) in [5.41, 5.74) is 0.631. The molecule has 16 heavy (non-hydrogen) atoms. The molecular weight excluding hydrogens is 198 g/mol. The predicted molar refractivity (Wildman–Crippen MR) is 66.5 cm³/mol. The molecule has 0 bridgehead atoms. The van der Waals surface area contributed by atoms with E-state index in [2.05, 4.69) is 17.6 Å². The molecule has 0 unspecified atom stereocenters. The van der Waals surface area contributed by atoms with Crippen LogP contribution in [0.15, 0.2) is 4.99 Å². The first-order chi connectivity index (χ1) is 7.82. The molecule has 3 aliphatic rings. The Morgan fingerprint density at radius 1 is 1.25 bits per heavy atom. The van der Waals surface area contributed by atoms with E-state index in [0.717, 1.165) is 25.0 Å². The van der Waals surface area contributed by atoms with Crippen LogP contribution in [0.25, 0.3) is 0 Å². The number of guanidine groups is 1. The van der Waals surface area contributed by atoms with E-state index in [1.807, 2.05) is 0 Å². The fourth-order valence-corrected chi connectivity index (χ4v) is 2.53. The van der Waals surface area contributed by atoms with Crippen LogP contribution in [0.5, 0.6) is 0 Å². The summed E-state index contributed by atoms with van der Waals surface area (Å²) < 4.78 is 0. The maximum Gasteiger partial charge on any atom is 0.191 e. The molecule has 0 heterocycles. The van der Waals surface area contributed by atoms with E-state index >= 15 is 0 Å². The Bertz CT molecular complexity index is 286. The van der Waals surface area contributed by atoms with Gasteiger partial charge < -0.3 is 10.6 Å². The third-order valence-corrected chi connectivity index (χ3v) is 4.15. The van der Waals surface area contributed by atoms with Gasteiger partial charge in [0.1, 0.15) is 0 Å². The molecule has 3 saturated carbocycles. The summed E-state index contributed by atoms with van der Waals surface area (Å²) in [5.74, 6) is 2.07. The van der Waals surface area contributed by atoms with E-state index in [-0.39, 0.29) is 0 Å². The summed E-state index contributed by atoms with van der Waals surface area (Å²) in [6.45, 7) is 4.16. The molecular formula is C13H23N3. The van der Waals surface area contributed by atoms with Crippen molar-refractivity contribution in [1.82, 2.24) is 10.6 Å². The van der Waals surface area contributed by atoms with Gasteiger partial charge in [0.2, 0.25) is 0 Å². The van der Waals surface area contributed by atoms with Crippen molar-refractivity contribution in [3.05, 3.63) is 0 Å². The van der Waals surface area contributed by atoms with Gasteiger partial charge >= 0.3 is 0 Å². The van der Waals surface area contributed by atoms with Crippen molar-refractivity contribution in [2.24, 2.45) is 16.3 Å². The third kappa shape index (κ3) is 2.33. The molecule has 0 radical (unpaired) electrons. The van der Waals surface area contributed by atoms with Crippen LogP contribution in [0.1, 0.15) is 45.4 Å². The van der Waals surface area contributed by atoms with E-state index in [1.54, 1.807) is 0 Å². The first-order valence-electron chi connectivity index (χ1n) is 6.87. The molecule has 0 spiro atoms. The molecule has 0 atom stereocenters. The maximum atomic E-state index is 4.78. The zero-order valence-electron chi connectivity index (χ0n) is 10.3. The number of aliphatic imine (C=N–C) groups is 1. The summed E-state index contributed by atoms with van der Waals surface area (Å²) in [5, 5.41) is 6.84. The summed E-state index contributed by atoms with van der Waals surface area (Å²) in [6, 6.07) is 0.703. The fraction of sp³-hybridized carbons (Fsp3) is 0.923. The van der Waals surface area contributed by atoms with Crippen molar-refractivity contribution < 1.29 is 0 Å². The van der Waals surface area contributed by atoms with Crippen LogP contribution < -0.4 is 10.6 Å².